The zero-order chi connectivity index (χ0) is 18.5. The van der Waals surface area contributed by atoms with Gasteiger partial charge in [-0.1, -0.05) is 30.3 Å². The minimum atomic E-state index is -0.352. The van der Waals surface area contributed by atoms with Crippen LogP contribution in [0.5, 0.6) is 0 Å². The van der Waals surface area contributed by atoms with Gasteiger partial charge in [-0.3, -0.25) is 9.59 Å². The molecule has 5 nitrogen and oxygen atoms in total. The summed E-state index contributed by atoms with van der Waals surface area (Å²) in [6.07, 6.45) is 2.14. The minimum absolute atomic E-state index is 0.0180. The summed E-state index contributed by atoms with van der Waals surface area (Å²) in [6.45, 7) is 2.42. The Morgan fingerprint density at radius 2 is 1.73 bits per heavy atom. The van der Waals surface area contributed by atoms with Gasteiger partial charge in [0.05, 0.1) is 0 Å². The molecular formula is C21H25N3O2. The predicted molar refractivity (Wildman–Crippen MR) is 103 cm³/mol. The molecule has 1 atom stereocenters. The number of rotatable bonds is 7. The summed E-state index contributed by atoms with van der Waals surface area (Å²) in [5.74, 6) is -0.0184. The molecule has 3 rings (SSSR count). The second kappa shape index (κ2) is 8.04. The Balaban J connectivity index is 1.53. The lowest BCUT2D eigenvalue weighted by Gasteiger charge is -2.23. The van der Waals surface area contributed by atoms with E-state index in [-0.39, 0.29) is 17.9 Å². The third-order valence-corrected chi connectivity index (χ3v) is 4.45. The lowest BCUT2D eigenvalue weighted by molar-refractivity contribution is -0.130. The largest absolute Gasteiger partial charge is 0.374 e. The van der Waals surface area contributed by atoms with E-state index < -0.39 is 0 Å². The first-order chi connectivity index (χ1) is 12.5. The van der Waals surface area contributed by atoms with Gasteiger partial charge < -0.3 is 15.5 Å². The molecule has 1 unspecified atom stereocenters. The molecule has 0 saturated heterocycles. The van der Waals surface area contributed by atoms with Crippen molar-refractivity contribution in [1.82, 2.24) is 10.2 Å². The van der Waals surface area contributed by atoms with Gasteiger partial charge in [0, 0.05) is 30.9 Å². The number of hydrogen-bond donors (Lipinski definition) is 2. The van der Waals surface area contributed by atoms with E-state index in [0.29, 0.717) is 18.2 Å². The van der Waals surface area contributed by atoms with Crippen LogP contribution in [0.25, 0.3) is 0 Å². The fourth-order valence-corrected chi connectivity index (χ4v) is 2.79. The highest BCUT2D eigenvalue weighted by Gasteiger charge is 2.23. The summed E-state index contributed by atoms with van der Waals surface area (Å²) < 4.78 is 0. The summed E-state index contributed by atoms with van der Waals surface area (Å²) in [7, 11) is 1.80. The van der Waals surface area contributed by atoms with E-state index in [1.807, 2.05) is 49.4 Å². The topological polar surface area (TPSA) is 61.4 Å². The first-order valence-corrected chi connectivity index (χ1v) is 8.99. The van der Waals surface area contributed by atoms with Crippen LogP contribution < -0.4 is 10.6 Å². The Bertz CT molecular complexity index is 755. The maximum atomic E-state index is 12.6. The van der Waals surface area contributed by atoms with Crippen molar-refractivity contribution in [1.29, 1.82) is 0 Å². The number of likely N-dealkylation sites (N-methyl/N-ethyl adjacent to an activating group) is 1. The zero-order valence-electron chi connectivity index (χ0n) is 15.2. The summed E-state index contributed by atoms with van der Waals surface area (Å²) in [6, 6.07) is 17.1. The van der Waals surface area contributed by atoms with E-state index in [1.165, 1.54) is 0 Å². The van der Waals surface area contributed by atoms with Crippen LogP contribution in [0.3, 0.4) is 0 Å². The van der Waals surface area contributed by atoms with Crippen LogP contribution in [0, 0.1) is 0 Å². The SMILES string of the molecule is CC(Nc1ccc(C(=O)NC2CC2)cc1)C(=O)N(C)Cc1ccccc1. The Kier molecular flexibility index (Phi) is 5.56. The third-order valence-electron chi connectivity index (χ3n) is 4.45. The molecule has 136 valence electrons. The van der Waals surface area contributed by atoms with Crippen LogP contribution in [0.15, 0.2) is 54.6 Å². The lowest BCUT2D eigenvalue weighted by Crippen LogP contribution is -2.38. The van der Waals surface area contributed by atoms with Crippen molar-refractivity contribution in [2.24, 2.45) is 0 Å². The molecular weight excluding hydrogens is 326 g/mol. The molecule has 1 aliphatic rings. The number of hydrogen-bond acceptors (Lipinski definition) is 3. The van der Waals surface area contributed by atoms with E-state index in [4.69, 9.17) is 0 Å². The lowest BCUT2D eigenvalue weighted by atomic mass is 10.1. The van der Waals surface area contributed by atoms with Gasteiger partial charge in [0.15, 0.2) is 0 Å². The van der Waals surface area contributed by atoms with Gasteiger partial charge in [0.2, 0.25) is 5.91 Å². The smallest absolute Gasteiger partial charge is 0.251 e. The molecule has 26 heavy (non-hydrogen) atoms. The average molecular weight is 351 g/mol. The number of anilines is 1. The normalized spacial score (nSPS) is 14.4. The monoisotopic (exact) mass is 351 g/mol. The minimum Gasteiger partial charge on any atom is -0.374 e. The maximum absolute atomic E-state index is 12.6. The maximum Gasteiger partial charge on any atom is 0.251 e. The van der Waals surface area contributed by atoms with Gasteiger partial charge in [-0.2, -0.15) is 0 Å². The standard InChI is InChI=1S/C21H25N3O2/c1-15(21(26)24(2)14-16-6-4-3-5-7-16)22-18-10-8-17(9-11-18)20(25)23-19-12-13-19/h3-11,15,19,22H,12-14H2,1-2H3,(H,23,25). The highest BCUT2D eigenvalue weighted by Crippen LogP contribution is 2.20. The van der Waals surface area contributed by atoms with Crippen LogP contribution >= 0.6 is 0 Å². The van der Waals surface area contributed by atoms with Gasteiger partial charge in [0.25, 0.3) is 5.91 Å². The summed E-state index contributed by atoms with van der Waals surface area (Å²) in [5, 5.41) is 6.17. The van der Waals surface area contributed by atoms with Crippen molar-refractivity contribution < 1.29 is 9.59 Å². The Morgan fingerprint density at radius 3 is 2.35 bits per heavy atom. The van der Waals surface area contributed by atoms with Crippen LogP contribution in [0.4, 0.5) is 5.69 Å². The van der Waals surface area contributed by atoms with Crippen molar-refractivity contribution in [3.05, 3.63) is 65.7 Å². The molecule has 0 aliphatic heterocycles. The molecule has 1 fully saturated rings. The molecule has 2 aromatic rings. The molecule has 0 heterocycles. The van der Waals surface area contributed by atoms with Crippen molar-refractivity contribution in [3.63, 3.8) is 0 Å². The Labute approximate surface area is 154 Å². The molecule has 5 heteroatoms. The number of nitrogens with zero attached hydrogens (tertiary/aromatic N) is 1. The molecule has 0 bridgehead atoms. The quantitative estimate of drug-likeness (QED) is 0.806. The van der Waals surface area contributed by atoms with Gasteiger partial charge >= 0.3 is 0 Å². The van der Waals surface area contributed by atoms with Crippen molar-refractivity contribution in [2.45, 2.75) is 38.4 Å². The Morgan fingerprint density at radius 1 is 1.08 bits per heavy atom. The molecule has 0 spiro atoms. The van der Waals surface area contributed by atoms with E-state index in [9.17, 15) is 9.59 Å². The third kappa shape index (κ3) is 4.85. The average Bonchev–Trinajstić information content (AvgIpc) is 3.46. The van der Waals surface area contributed by atoms with Crippen molar-refractivity contribution >= 4 is 17.5 Å². The van der Waals surface area contributed by atoms with Gasteiger partial charge in [-0.05, 0) is 49.6 Å². The van der Waals surface area contributed by atoms with E-state index in [0.717, 1.165) is 24.1 Å². The highest BCUT2D eigenvalue weighted by atomic mass is 16.2. The summed E-state index contributed by atoms with van der Waals surface area (Å²) in [5.41, 5.74) is 2.56. The first kappa shape index (κ1) is 18.0. The molecule has 0 aromatic heterocycles. The molecule has 0 radical (unpaired) electrons. The molecule has 2 aromatic carbocycles. The number of benzene rings is 2. The van der Waals surface area contributed by atoms with E-state index >= 15 is 0 Å². The van der Waals surface area contributed by atoms with E-state index in [1.54, 1.807) is 24.1 Å². The summed E-state index contributed by atoms with van der Waals surface area (Å²) in [4.78, 5) is 26.3. The number of carbonyl (C=O) groups excluding carboxylic acids is 2. The van der Waals surface area contributed by atoms with Gasteiger partial charge in [-0.25, -0.2) is 0 Å². The predicted octanol–water partition coefficient (Wildman–Crippen LogP) is 3.04. The van der Waals surface area contributed by atoms with E-state index in [2.05, 4.69) is 10.6 Å². The van der Waals surface area contributed by atoms with Crippen molar-refractivity contribution in [3.8, 4) is 0 Å². The van der Waals surface area contributed by atoms with Crippen LogP contribution in [0.2, 0.25) is 0 Å². The highest BCUT2D eigenvalue weighted by molar-refractivity contribution is 5.95. The second-order valence-electron chi connectivity index (χ2n) is 6.87. The van der Waals surface area contributed by atoms with Crippen molar-refractivity contribution in [2.75, 3.05) is 12.4 Å². The fraction of sp³-hybridized carbons (Fsp3) is 0.333. The summed E-state index contributed by atoms with van der Waals surface area (Å²) >= 11 is 0. The molecule has 2 amide bonds. The molecule has 1 saturated carbocycles. The van der Waals surface area contributed by atoms with Crippen LogP contribution in [-0.4, -0.2) is 35.8 Å². The fourth-order valence-electron chi connectivity index (χ4n) is 2.79. The zero-order valence-corrected chi connectivity index (χ0v) is 15.2. The molecule has 1 aliphatic carbocycles. The van der Waals surface area contributed by atoms with Crippen LogP contribution in [-0.2, 0) is 11.3 Å². The number of carbonyl (C=O) groups is 2. The van der Waals surface area contributed by atoms with Crippen LogP contribution in [0.1, 0.15) is 35.7 Å². The Hall–Kier alpha value is -2.82. The number of amides is 2. The second-order valence-corrected chi connectivity index (χ2v) is 6.87. The van der Waals surface area contributed by atoms with Gasteiger partial charge in [-0.15, -0.1) is 0 Å². The van der Waals surface area contributed by atoms with Gasteiger partial charge in [0.1, 0.15) is 6.04 Å². The molecule has 2 N–H and O–H groups in total. The first-order valence-electron chi connectivity index (χ1n) is 8.99. The number of nitrogens with one attached hydrogen (secondary N) is 2.